The summed E-state index contributed by atoms with van der Waals surface area (Å²) in [4.78, 5) is 16.1. The lowest BCUT2D eigenvalue weighted by Crippen LogP contribution is -2.19. The van der Waals surface area contributed by atoms with Gasteiger partial charge in [0.15, 0.2) is 0 Å². The number of ketones is 1. The summed E-state index contributed by atoms with van der Waals surface area (Å²) in [5.41, 5.74) is 5.45. The van der Waals surface area contributed by atoms with Gasteiger partial charge in [-0.05, 0) is 19.4 Å². The van der Waals surface area contributed by atoms with Crippen LogP contribution in [0.5, 0.6) is 0 Å². The summed E-state index contributed by atoms with van der Waals surface area (Å²) >= 11 is 0. The summed E-state index contributed by atoms with van der Waals surface area (Å²) in [7, 11) is 0. The van der Waals surface area contributed by atoms with Crippen LogP contribution in [0.1, 0.15) is 32.5 Å². The number of aryl methyl sites for hydroxylation is 1. The largest absolute Gasteiger partial charge is 0.335 e. The Kier molecular flexibility index (Phi) is 5.19. The van der Waals surface area contributed by atoms with Crippen molar-refractivity contribution >= 4 is 5.78 Å². The first kappa shape index (κ1) is 12.9. The van der Waals surface area contributed by atoms with Crippen molar-refractivity contribution < 1.29 is 4.79 Å². The lowest BCUT2D eigenvalue weighted by molar-refractivity contribution is -0.122. The molecule has 0 bridgehead atoms. The summed E-state index contributed by atoms with van der Waals surface area (Å²) < 4.78 is 2.05. The number of carbonyl (C=O) groups is 1. The summed E-state index contributed by atoms with van der Waals surface area (Å²) in [6.07, 6.45) is 5.92. The Labute approximate surface area is 96.9 Å². The van der Waals surface area contributed by atoms with Crippen LogP contribution in [0.25, 0.3) is 0 Å². The fourth-order valence-electron chi connectivity index (χ4n) is 1.69. The molecule has 0 saturated heterocycles. The van der Waals surface area contributed by atoms with Crippen LogP contribution in [-0.2, 0) is 17.8 Å². The third-order valence-corrected chi connectivity index (χ3v) is 2.75. The van der Waals surface area contributed by atoms with Crippen molar-refractivity contribution in [3.05, 3.63) is 18.2 Å². The number of hydrogen-bond acceptors (Lipinski definition) is 3. The maximum Gasteiger partial charge on any atom is 0.143 e. The zero-order valence-electron chi connectivity index (χ0n) is 10.1. The van der Waals surface area contributed by atoms with Crippen LogP contribution in [0.3, 0.4) is 0 Å². The van der Waals surface area contributed by atoms with Gasteiger partial charge in [0.2, 0.25) is 0 Å². The molecule has 0 radical (unpaired) electrons. The molecule has 1 heterocycles. The molecule has 4 nitrogen and oxygen atoms in total. The van der Waals surface area contributed by atoms with Gasteiger partial charge >= 0.3 is 0 Å². The molecule has 16 heavy (non-hydrogen) atoms. The van der Waals surface area contributed by atoms with Gasteiger partial charge in [0.1, 0.15) is 11.6 Å². The molecule has 1 aromatic rings. The first-order valence-corrected chi connectivity index (χ1v) is 5.91. The Morgan fingerprint density at radius 1 is 1.62 bits per heavy atom. The second-order valence-electron chi connectivity index (χ2n) is 4.16. The van der Waals surface area contributed by atoms with Crippen LogP contribution in [0.15, 0.2) is 12.4 Å². The number of aromatic nitrogens is 2. The van der Waals surface area contributed by atoms with Gasteiger partial charge in [0.05, 0.1) is 6.42 Å². The summed E-state index contributed by atoms with van der Waals surface area (Å²) in [5, 5.41) is 0. The fraction of sp³-hybridized carbons (Fsp3) is 0.667. The predicted octanol–water partition coefficient (Wildman–Crippen LogP) is 1.39. The summed E-state index contributed by atoms with van der Waals surface area (Å²) in [5.74, 6) is 1.14. The SMILES string of the molecule is CCCn1ccnc1CC(=O)C(C)CCN. The van der Waals surface area contributed by atoms with Gasteiger partial charge in [-0.3, -0.25) is 4.79 Å². The quantitative estimate of drug-likeness (QED) is 0.760. The zero-order chi connectivity index (χ0) is 12.0. The monoisotopic (exact) mass is 223 g/mol. The molecule has 1 unspecified atom stereocenters. The predicted molar refractivity (Wildman–Crippen MR) is 64.1 cm³/mol. The van der Waals surface area contributed by atoms with Crippen molar-refractivity contribution in [3.8, 4) is 0 Å². The summed E-state index contributed by atoms with van der Waals surface area (Å²) in [6.45, 7) is 5.54. The number of hydrogen-bond donors (Lipinski definition) is 1. The molecule has 90 valence electrons. The number of nitrogens with zero attached hydrogens (tertiary/aromatic N) is 2. The first-order valence-electron chi connectivity index (χ1n) is 5.91. The van der Waals surface area contributed by atoms with Crippen LogP contribution in [0.2, 0.25) is 0 Å². The van der Waals surface area contributed by atoms with E-state index in [4.69, 9.17) is 5.73 Å². The van der Waals surface area contributed by atoms with Crippen molar-refractivity contribution in [2.24, 2.45) is 11.7 Å². The van der Waals surface area contributed by atoms with E-state index in [9.17, 15) is 4.79 Å². The van der Waals surface area contributed by atoms with Crippen LogP contribution >= 0.6 is 0 Å². The molecular weight excluding hydrogens is 202 g/mol. The number of imidazole rings is 1. The highest BCUT2D eigenvalue weighted by molar-refractivity contribution is 5.82. The van der Waals surface area contributed by atoms with Crippen molar-refractivity contribution in [1.29, 1.82) is 0 Å². The molecular formula is C12H21N3O. The van der Waals surface area contributed by atoms with E-state index in [2.05, 4.69) is 11.9 Å². The molecule has 1 aromatic heterocycles. The Morgan fingerprint density at radius 3 is 3.00 bits per heavy atom. The van der Waals surface area contributed by atoms with Crippen molar-refractivity contribution in [2.45, 2.75) is 39.7 Å². The molecule has 1 rings (SSSR count). The topological polar surface area (TPSA) is 60.9 Å². The fourth-order valence-corrected chi connectivity index (χ4v) is 1.69. The van der Waals surface area contributed by atoms with Gasteiger partial charge in [-0.25, -0.2) is 4.98 Å². The molecule has 0 aliphatic carbocycles. The average Bonchev–Trinajstić information content (AvgIpc) is 2.67. The molecule has 0 aliphatic rings. The third kappa shape index (κ3) is 3.45. The molecule has 0 fully saturated rings. The lowest BCUT2D eigenvalue weighted by Gasteiger charge is -2.10. The minimum absolute atomic E-state index is 0.0387. The van der Waals surface area contributed by atoms with E-state index < -0.39 is 0 Å². The highest BCUT2D eigenvalue weighted by Crippen LogP contribution is 2.08. The minimum Gasteiger partial charge on any atom is -0.335 e. The number of carbonyl (C=O) groups excluding carboxylic acids is 1. The van der Waals surface area contributed by atoms with E-state index in [1.165, 1.54) is 0 Å². The van der Waals surface area contributed by atoms with E-state index >= 15 is 0 Å². The van der Waals surface area contributed by atoms with E-state index in [1.54, 1.807) is 6.20 Å². The molecule has 0 aromatic carbocycles. The Balaban J connectivity index is 2.58. The number of rotatable bonds is 7. The van der Waals surface area contributed by atoms with Crippen LogP contribution in [0, 0.1) is 5.92 Å². The van der Waals surface area contributed by atoms with Gasteiger partial charge in [0, 0.05) is 24.9 Å². The van der Waals surface area contributed by atoms with Gasteiger partial charge < -0.3 is 10.3 Å². The zero-order valence-corrected chi connectivity index (χ0v) is 10.1. The average molecular weight is 223 g/mol. The standard InChI is InChI=1S/C12H21N3O/c1-3-7-15-8-6-14-12(15)9-11(16)10(2)4-5-13/h6,8,10H,3-5,7,9,13H2,1-2H3. The van der Waals surface area contributed by atoms with E-state index in [1.807, 2.05) is 17.7 Å². The third-order valence-electron chi connectivity index (χ3n) is 2.75. The maximum absolute atomic E-state index is 11.8. The normalized spacial score (nSPS) is 12.7. The van der Waals surface area contributed by atoms with Gasteiger partial charge in [0.25, 0.3) is 0 Å². The lowest BCUT2D eigenvalue weighted by atomic mass is 10.00. The minimum atomic E-state index is 0.0387. The van der Waals surface area contributed by atoms with Crippen LogP contribution < -0.4 is 5.73 Å². The van der Waals surface area contributed by atoms with E-state index in [0.717, 1.165) is 25.2 Å². The first-order chi connectivity index (χ1) is 7.69. The smallest absolute Gasteiger partial charge is 0.143 e. The van der Waals surface area contributed by atoms with Crippen LogP contribution in [-0.4, -0.2) is 21.9 Å². The summed E-state index contributed by atoms with van der Waals surface area (Å²) in [6, 6.07) is 0. The second-order valence-corrected chi connectivity index (χ2v) is 4.16. The molecule has 0 spiro atoms. The number of nitrogens with two attached hydrogens (primary N) is 1. The van der Waals surface area contributed by atoms with Gasteiger partial charge in [-0.2, -0.15) is 0 Å². The molecule has 0 amide bonds. The molecule has 1 atom stereocenters. The Bertz CT molecular complexity index is 333. The highest BCUT2D eigenvalue weighted by atomic mass is 16.1. The van der Waals surface area contributed by atoms with Gasteiger partial charge in [-0.15, -0.1) is 0 Å². The molecule has 2 N–H and O–H groups in total. The van der Waals surface area contributed by atoms with Crippen LogP contribution in [0.4, 0.5) is 0 Å². The highest BCUT2D eigenvalue weighted by Gasteiger charge is 2.15. The van der Waals surface area contributed by atoms with Gasteiger partial charge in [-0.1, -0.05) is 13.8 Å². The molecule has 0 saturated carbocycles. The van der Waals surface area contributed by atoms with Crippen molar-refractivity contribution in [3.63, 3.8) is 0 Å². The maximum atomic E-state index is 11.8. The Morgan fingerprint density at radius 2 is 2.38 bits per heavy atom. The molecule has 0 aliphatic heterocycles. The van der Waals surface area contributed by atoms with E-state index in [0.29, 0.717) is 13.0 Å². The number of Topliss-reactive ketones (excluding diaryl/α,β-unsaturated/α-hetero) is 1. The van der Waals surface area contributed by atoms with Crippen molar-refractivity contribution in [1.82, 2.24) is 9.55 Å². The Hall–Kier alpha value is -1.16. The van der Waals surface area contributed by atoms with E-state index in [-0.39, 0.29) is 11.7 Å². The molecule has 4 heteroatoms. The second kappa shape index (κ2) is 6.43. The van der Waals surface area contributed by atoms with Crippen molar-refractivity contribution in [2.75, 3.05) is 6.54 Å².